The molecule has 1 rings (SSSR count). The molecule has 0 spiro atoms. The van der Waals surface area contributed by atoms with Crippen molar-refractivity contribution < 1.29 is 9.84 Å². The summed E-state index contributed by atoms with van der Waals surface area (Å²) in [6.07, 6.45) is 4.01. The van der Waals surface area contributed by atoms with Gasteiger partial charge in [-0.25, -0.2) is 0 Å². The Morgan fingerprint density at radius 1 is 1.50 bits per heavy atom. The highest BCUT2D eigenvalue weighted by Crippen LogP contribution is 2.27. The summed E-state index contributed by atoms with van der Waals surface area (Å²) in [7, 11) is 1.65. The number of rotatable bonds is 8. The Morgan fingerprint density at radius 2 is 2.19 bits per heavy atom. The molecule has 0 radical (unpaired) electrons. The third kappa shape index (κ3) is 3.70. The molecule has 0 aromatic carbocycles. The van der Waals surface area contributed by atoms with E-state index < -0.39 is 0 Å². The van der Waals surface area contributed by atoms with Crippen LogP contribution in [0.1, 0.15) is 26.2 Å². The molecule has 0 saturated heterocycles. The summed E-state index contributed by atoms with van der Waals surface area (Å²) in [5.74, 6) is 0.809. The highest BCUT2D eigenvalue weighted by Gasteiger charge is 2.27. The van der Waals surface area contributed by atoms with Crippen LogP contribution < -0.4 is 5.73 Å². The van der Waals surface area contributed by atoms with Crippen molar-refractivity contribution in [1.29, 1.82) is 0 Å². The van der Waals surface area contributed by atoms with Crippen LogP contribution in [0.25, 0.3) is 0 Å². The van der Waals surface area contributed by atoms with E-state index in [9.17, 15) is 5.11 Å². The second kappa shape index (κ2) is 7.22. The van der Waals surface area contributed by atoms with E-state index in [-0.39, 0.29) is 18.7 Å². The van der Waals surface area contributed by atoms with Gasteiger partial charge in [-0.1, -0.05) is 13.3 Å². The minimum atomic E-state index is -0.102. The molecule has 3 N–H and O–H groups in total. The number of methoxy groups -OCH3 is 1. The highest BCUT2D eigenvalue weighted by molar-refractivity contribution is 4.84. The quantitative estimate of drug-likeness (QED) is 0.635. The normalized spacial score (nSPS) is 20.8. The minimum Gasteiger partial charge on any atom is -0.395 e. The molecular weight excluding hydrogens is 204 g/mol. The van der Waals surface area contributed by atoms with Gasteiger partial charge in [0.25, 0.3) is 0 Å². The summed E-state index contributed by atoms with van der Waals surface area (Å²) >= 11 is 0. The molecule has 1 aliphatic carbocycles. The summed E-state index contributed by atoms with van der Waals surface area (Å²) in [5, 5.41) is 9.45. The zero-order valence-electron chi connectivity index (χ0n) is 10.6. The maximum Gasteiger partial charge on any atom is 0.0629 e. The molecule has 1 fully saturated rings. The third-order valence-corrected chi connectivity index (χ3v) is 3.63. The van der Waals surface area contributed by atoms with Gasteiger partial charge in [-0.15, -0.1) is 0 Å². The first-order valence-electron chi connectivity index (χ1n) is 6.32. The predicted octanol–water partition coefficient (Wildman–Crippen LogP) is 0.443. The smallest absolute Gasteiger partial charge is 0.0629 e. The van der Waals surface area contributed by atoms with E-state index in [0.717, 1.165) is 19.0 Å². The minimum absolute atomic E-state index is 0.0329. The van der Waals surface area contributed by atoms with E-state index in [1.165, 1.54) is 19.3 Å². The number of aliphatic hydroxyl groups excluding tert-OH is 1. The van der Waals surface area contributed by atoms with Gasteiger partial charge in [0.05, 0.1) is 19.3 Å². The number of likely N-dealkylation sites (N-methyl/N-ethyl adjacent to an activating group) is 1. The van der Waals surface area contributed by atoms with E-state index in [1.54, 1.807) is 7.11 Å². The standard InChI is InChI=1S/C12H26N2O2/c1-3-14(7-10-5-4-6-10)12(8-15)11(13)9-16-2/h10-12,15H,3-9,13H2,1-2H3. The van der Waals surface area contributed by atoms with Gasteiger partial charge in [-0.3, -0.25) is 4.90 Å². The first-order chi connectivity index (χ1) is 7.72. The molecule has 2 unspecified atom stereocenters. The average molecular weight is 230 g/mol. The molecule has 96 valence electrons. The number of ether oxygens (including phenoxy) is 1. The zero-order chi connectivity index (χ0) is 12.0. The number of aliphatic hydroxyl groups is 1. The number of nitrogens with zero attached hydrogens (tertiary/aromatic N) is 1. The van der Waals surface area contributed by atoms with Crippen LogP contribution in [0.5, 0.6) is 0 Å². The van der Waals surface area contributed by atoms with Crippen molar-refractivity contribution >= 4 is 0 Å². The Balaban J connectivity index is 2.44. The Hall–Kier alpha value is -0.160. The fourth-order valence-corrected chi connectivity index (χ4v) is 2.33. The maximum absolute atomic E-state index is 9.45. The lowest BCUT2D eigenvalue weighted by atomic mass is 9.84. The van der Waals surface area contributed by atoms with Crippen LogP contribution in [-0.2, 0) is 4.74 Å². The van der Waals surface area contributed by atoms with Crippen molar-refractivity contribution in [2.45, 2.75) is 38.3 Å². The Kier molecular flexibility index (Phi) is 6.28. The van der Waals surface area contributed by atoms with E-state index in [1.807, 2.05) is 0 Å². The van der Waals surface area contributed by atoms with Gasteiger partial charge in [0, 0.05) is 19.7 Å². The summed E-state index contributed by atoms with van der Waals surface area (Å²) in [5.41, 5.74) is 6.02. The lowest BCUT2D eigenvalue weighted by molar-refractivity contribution is 0.0540. The zero-order valence-corrected chi connectivity index (χ0v) is 10.6. The summed E-state index contributed by atoms with van der Waals surface area (Å²) in [4.78, 5) is 2.30. The van der Waals surface area contributed by atoms with Crippen LogP contribution in [-0.4, -0.2) is 55.5 Å². The van der Waals surface area contributed by atoms with Crippen LogP contribution in [0.3, 0.4) is 0 Å². The Morgan fingerprint density at radius 3 is 2.56 bits per heavy atom. The second-order valence-corrected chi connectivity index (χ2v) is 4.75. The van der Waals surface area contributed by atoms with Crippen LogP contribution in [0, 0.1) is 5.92 Å². The van der Waals surface area contributed by atoms with Crippen molar-refractivity contribution in [3.63, 3.8) is 0 Å². The molecule has 1 saturated carbocycles. The molecule has 4 heteroatoms. The highest BCUT2D eigenvalue weighted by atomic mass is 16.5. The Bertz CT molecular complexity index is 186. The Labute approximate surface area is 98.8 Å². The van der Waals surface area contributed by atoms with Crippen LogP contribution >= 0.6 is 0 Å². The average Bonchev–Trinajstić information content (AvgIpc) is 2.21. The number of nitrogens with two attached hydrogens (primary N) is 1. The lowest BCUT2D eigenvalue weighted by Crippen LogP contribution is -2.53. The largest absolute Gasteiger partial charge is 0.395 e. The molecule has 0 aromatic heterocycles. The van der Waals surface area contributed by atoms with Crippen molar-refractivity contribution in [2.24, 2.45) is 11.7 Å². The van der Waals surface area contributed by atoms with Gasteiger partial charge in [0.1, 0.15) is 0 Å². The van der Waals surface area contributed by atoms with E-state index in [4.69, 9.17) is 10.5 Å². The molecule has 0 amide bonds. The summed E-state index contributed by atoms with van der Waals surface area (Å²) < 4.78 is 5.06. The van der Waals surface area contributed by atoms with Gasteiger partial charge in [-0.05, 0) is 25.3 Å². The summed E-state index contributed by atoms with van der Waals surface area (Å²) in [6, 6.07) is -0.0689. The monoisotopic (exact) mass is 230 g/mol. The van der Waals surface area contributed by atoms with Gasteiger partial charge >= 0.3 is 0 Å². The van der Waals surface area contributed by atoms with Gasteiger partial charge in [-0.2, -0.15) is 0 Å². The summed E-state index contributed by atoms with van der Waals surface area (Å²) in [6.45, 7) is 4.76. The SMILES string of the molecule is CCN(CC1CCC1)C(CO)C(N)COC. The molecule has 1 aliphatic rings. The van der Waals surface area contributed by atoms with Gasteiger partial charge in [0.2, 0.25) is 0 Å². The lowest BCUT2D eigenvalue weighted by Gasteiger charge is -2.38. The van der Waals surface area contributed by atoms with Crippen molar-refractivity contribution in [3.8, 4) is 0 Å². The molecule has 2 atom stereocenters. The van der Waals surface area contributed by atoms with Crippen LogP contribution in [0.4, 0.5) is 0 Å². The van der Waals surface area contributed by atoms with Crippen LogP contribution in [0.2, 0.25) is 0 Å². The molecule has 0 bridgehead atoms. The van der Waals surface area contributed by atoms with Gasteiger partial charge in [0.15, 0.2) is 0 Å². The van der Waals surface area contributed by atoms with Crippen molar-refractivity contribution in [3.05, 3.63) is 0 Å². The first-order valence-corrected chi connectivity index (χ1v) is 6.32. The predicted molar refractivity (Wildman–Crippen MR) is 65.3 cm³/mol. The number of hydrogen-bond acceptors (Lipinski definition) is 4. The van der Waals surface area contributed by atoms with E-state index in [0.29, 0.717) is 6.61 Å². The fourth-order valence-electron chi connectivity index (χ4n) is 2.33. The molecule has 0 aliphatic heterocycles. The third-order valence-electron chi connectivity index (χ3n) is 3.63. The van der Waals surface area contributed by atoms with E-state index in [2.05, 4.69) is 11.8 Å². The second-order valence-electron chi connectivity index (χ2n) is 4.75. The van der Waals surface area contributed by atoms with Crippen molar-refractivity contribution in [1.82, 2.24) is 4.90 Å². The van der Waals surface area contributed by atoms with E-state index >= 15 is 0 Å². The van der Waals surface area contributed by atoms with Crippen LogP contribution in [0.15, 0.2) is 0 Å². The maximum atomic E-state index is 9.45. The van der Waals surface area contributed by atoms with Crippen molar-refractivity contribution in [2.75, 3.05) is 33.4 Å². The molecule has 16 heavy (non-hydrogen) atoms. The number of hydrogen-bond donors (Lipinski definition) is 2. The molecular formula is C12H26N2O2. The first kappa shape index (κ1) is 13.9. The molecule has 0 heterocycles. The van der Waals surface area contributed by atoms with Gasteiger partial charge < -0.3 is 15.6 Å². The topological polar surface area (TPSA) is 58.7 Å². The fraction of sp³-hybridized carbons (Fsp3) is 1.00. The molecule has 4 nitrogen and oxygen atoms in total. The molecule has 0 aromatic rings.